The number of hydrogen-bond acceptors (Lipinski definition) is 3. The Kier molecular flexibility index (Phi) is 5.88. The van der Waals surface area contributed by atoms with Crippen molar-refractivity contribution in [1.82, 2.24) is 0 Å². The fraction of sp³-hybridized carbons (Fsp3) is 0.455. The van der Waals surface area contributed by atoms with E-state index < -0.39 is 11.3 Å². The van der Waals surface area contributed by atoms with Crippen LogP contribution in [0.25, 0.3) is 0 Å². The van der Waals surface area contributed by atoms with E-state index in [1.807, 2.05) is 0 Å². The van der Waals surface area contributed by atoms with Gasteiger partial charge >= 0.3 is 0 Å². The Morgan fingerprint density at radius 1 is 1.31 bits per heavy atom. The smallest absolute Gasteiger partial charge is 0.119 e. The predicted octanol–water partition coefficient (Wildman–Crippen LogP) is 2.46. The highest BCUT2D eigenvalue weighted by atomic mass is 32.2. The monoisotopic (exact) mass is 242 g/mol. The van der Waals surface area contributed by atoms with Crippen LogP contribution in [0.5, 0.6) is 5.75 Å². The summed E-state index contributed by atoms with van der Waals surface area (Å²) < 4.78 is 28.5. The van der Waals surface area contributed by atoms with Crippen LogP contribution in [-0.2, 0) is 11.3 Å². The van der Waals surface area contributed by atoms with Gasteiger partial charge in [-0.2, -0.15) is 0 Å². The highest BCUT2D eigenvalue weighted by molar-refractivity contribution is 7.80. The Labute approximate surface area is 98.4 Å². The number of rotatable bonds is 7. The molecule has 0 spiro atoms. The highest BCUT2D eigenvalue weighted by Gasteiger charge is 1.95. The van der Waals surface area contributed by atoms with E-state index in [2.05, 4.69) is 11.6 Å². The molecule has 0 amide bonds. The average Bonchev–Trinajstić information content (AvgIpc) is 2.26. The Bertz CT molecular complexity index is 327. The minimum Gasteiger partial charge on any atom is -0.755 e. The van der Waals surface area contributed by atoms with Crippen molar-refractivity contribution in [3.63, 3.8) is 0 Å². The summed E-state index contributed by atoms with van der Waals surface area (Å²) in [5.74, 6) is 0.762. The summed E-state index contributed by atoms with van der Waals surface area (Å²) in [5, 5.41) is 0. The van der Waals surface area contributed by atoms with Crippen LogP contribution in [0.3, 0.4) is 0 Å². The number of nitrogens with one attached hydrogen (secondary N) is 1. The van der Waals surface area contributed by atoms with Crippen molar-refractivity contribution >= 4 is 17.0 Å². The van der Waals surface area contributed by atoms with E-state index in [1.165, 1.54) is 6.42 Å². The number of unbranched alkanes of at least 4 members (excludes halogenated alkanes) is 2. The lowest BCUT2D eigenvalue weighted by atomic mass is 10.2. The number of hydrogen-bond donors (Lipinski definition) is 1. The second-order valence-electron chi connectivity index (χ2n) is 3.42. The van der Waals surface area contributed by atoms with Crippen molar-refractivity contribution in [3.8, 4) is 5.75 Å². The summed E-state index contributed by atoms with van der Waals surface area (Å²) >= 11 is -2.27. The van der Waals surface area contributed by atoms with Gasteiger partial charge in [0.2, 0.25) is 0 Å². The summed E-state index contributed by atoms with van der Waals surface area (Å²) in [5.41, 5.74) is 0.536. The zero-order valence-electron chi connectivity index (χ0n) is 9.27. The third kappa shape index (κ3) is 5.14. The highest BCUT2D eigenvalue weighted by Crippen LogP contribution is 2.16. The van der Waals surface area contributed by atoms with Gasteiger partial charge in [-0.3, -0.25) is 4.21 Å². The summed E-state index contributed by atoms with van der Waals surface area (Å²) in [4.78, 5) is 0. The summed E-state index contributed by atoms with van der Waals surface area (Å²) in [6.07, 6.45) is 3.37. The van der Waals surface area contributed by atoms with Crippen LogP contribution < -0.4 is 9.46 Å². The van der Waals surface area contributed by atoms with Gasteiger partial charge in [-0.1, -0.05) is 19.8 Å². The maximum Gasteiger partial charge on any atom is 0.119 e. The fourth-order valence-corrected chi connectivity index (χ4v) is 1.59. The first-order valence-corrected chi connectivity index (χ1v) is 6.38. The number of anilines is 1. The molecular formula is C11H16NO3S-. The van der Waals surface area contributed by atoms with Gasteiger partial charge in [-0.05, 0) is 30.7 Å². The molecule has 0 saturated heterocycles. The Balaban J connectivity index is 2.36. The van der Waals surface area contributed by atoms with Crippen molar-refractivity contribution in [2.45, 2.75) is 26.2 Å². The van der Waals surface area contributed by atoms with Crippen LogP contribution in [-0.4, -0.2) is 15.4 Å². The van der Waals surface area contributed by atoms with Gasteiger partial charge in [-0.25, -0.2) is 0 Å². The van der Waals surface area contributed by atoms with Gasteiger partial charge in [0.15, 0.2) is 0 Å². The minimum atomic E-state index is -2.27. The van der Waals surface area contributed by atoms with E-state index in [4.69, 9.17) is 4.74 Å². The van der Waals surface area contributed by atoms with Gasteiger partial charge in [0.25, 0.3) is 0 Å². The lowest BCUT2D eigenvalue weighted by Gasteiger charge is -2.09. The zero-order valence-corrected chi connectivity index (χ0v) is 10.1. The molecule has 0 bridgehead atoms. The van der Waals surface area contributed by atoms with Gasteiger partial charge in [-0.15, -0.1) is 0 Å². The second kappa shape index (κ2) is 7.24. The topological polar surface area (TPSA) is 61.4 Å². The molecule has 1 atom stereocenters. The molecule has 5 heteroatoms. The van der Waals surface area contributed by atoms with Crippen LogP contribution in [0.2, 0.25) is 0 Å². The summed E-state index contributed by atoms with van der Waals surface area (Å²) in [7, 11) is 0. The van der Waals surface area contributed by atoms with Gasteiger partial charge < -0.3 is 14.0 Å². The maximum atomic E-state index is 10.4. The van der Waals surface area contributed by atoms with E-state index in [1.54, 1.807) is 24.3 Å². The Morgan fingerprint density at radius 2 is 2.00 bits per heavy atom. The Morgan fingerprint density at radius 3 is 2.56 bits per heavy atom. The first kappa shape index (κ1) is 13.0. The van der Waals surface area contributed by atoms with Crippen molar-refractivity contribution in [1.29, 1.82) is 0 Å². The molecule has 0 saturated carbocycles. The molecule has 0 fully saturated rings. The summed E-state index contributed by atoms with van der Waals surface area (Å²) in [6.45, 7) is 2.84. The molecule has 0 radical (unpaired) electrons. The molecular weight excluding hydrogens is 226 g/mol. The molecule has 0 aliphatic rings. The molecule has 0 aromatic heterocycles. The average molecular weight is 242 g/mol. The standard InChI is InChI=1S/C11H17NO3S/c1-2-3-4-9-15-11-7-5-10(6-8-11)12-16(13)14/h5-8,12H,2-4,9H2,1H3,(H,13,14)/p-1. The third-order valence-electron chi connectivity index (χ3n) is 2.07. The zero-order chi connectivity index (χ0) is 11.8. The first-order valence-electron chi connectivity index (χ1n) is 5.31. The second-order valence-corrected chi connectivity index (χ2v) is 4.09. The molecule has 1 aromatic carbocycles. The van der Waals surface area contributed by atoms with Crippen LogP contribution in [0.15, 0.2) is 24.3 Å². The van der Waals surface area contributed by atoms with E-state index >= 15 is 0 Å². The van der Waals surface area contributed by atoms with Crippen molar-refractivity contribution in [3.05, 3.63) is 24.3 Å². The largest absolute Gasteiger partial charge is 0.755 e. The van der Waals surface area contributed by atoms with Gasteiger partial charge in [0.05, 0.1) is 6.61 Å². The molecule has 4 nitrogen and oxygen atoms in total. The van der Waals surface area contributed by atoms with Crippen LogP contribution in [0.4, 0.5) is 5.69 Å². The summed E-state index contributed by atoms with van der Waals surface area (Å²) in [6, 6.07) is 6.85. The number of ether oxygens (including phenoxy) is 1. The van der Waals surface area contributed by atoms with E-state index in [0.717, 1.165) is 18.6 Å². The lowest BCUT2D eigenvalue weighted by Crippen LogP contribution is -2.02. The molecule has 0 aliphatic carbocycles. The van der Waals surface area contributed by atoms with Crippen molar-refractivity contribution in [2.75, 3.05) is 11.3 Å². The van der Waals surface area contributed by atoms with Crippen LogP contribution in [0, 0.1) is 0 Å². The molecule has 1 aromatic rings. The van der Waals surface area contributed by atoms with E-state index in [9.17, 15) is 8.76 Å². The first-order chi connectivity index (χ1) is 7.72. The molecule has 0 heterocycles. The lowest BCUT2D eigenvalue weighted by molar-refractivity contribution is 0.306. The quantitative estimate of drug-likeness (QED) is 0.590. The maximum absolute atomic E-state index is 10.4. The van der Waals surface area contributed by atoms with Crippen LogP contribution in [0.1, 0.15) is 26.2 Å². The van der Waals surface area contributed by atoms with Crippen LogP contribution >= 0.6 is 0 Å². The minimum absolute atomic E-state index is 0.536. The predicted molar refractivity (Wildman–Crippen MR) is 64.0 cm³/mol. The molecule has 90 valence electrons. The third-order valence-corrected chi connectivity index (χ3v) is 2.47. The van der Waals surface area contributed by atoms with Crippen molar-refractivity contribution in [2.24, 2.45) is 0 Å². The normalized spacial score (nSPS) is 12.1. The molecule has 1 unspecified atom stereocenters. The number of benzene rings is 1. The fourth-order valence-electron chi connectivity index (χ4n) is 1.26. The molecule has 0 aliphatic heterocycles. The van der Waals surface area contributed by atoms with E-state index in [0.29, 0.717) is 12.3 Å². The van der Waals surface area contributed by atoms with Crippen molar-refractivity contribution < 1.29 is 13.5 Å². The Hall–Kier alpha value is -1.07. The van der Waals surface area contributed by atoms with Gasteiger partial charge in [0, 0.05) is 17.0 Å². The van der Waals surface area contributed by atoms with Gasteiger partial charge in [0.1, 0.15) is 5.75 Å². The van der Waals surface area contributed by atoms with E-state index in [-0.39, 0.29) is 0 Å². The molecule has 16 heavy (non-hydrogen) atoms. The molecule has 1 N–H and O–H groups in total. The molecule has 1 rings (SSSR count). The SMILES string of the molecule is CCCCCOc1ccc(NS(=O)[O-])cc1.